The number of aliphatic hydroxyl groups excluding tert-OH is 1. The number of β-amino-alcohol motifs (C(OH)–C–C–N with tert-alkyl or cyclic N) is 1. The highest BCUT2D eigenvalue weighted by atomic mass is 32.1. The molecule has 4 rings (SSSR count). The van der Waals surface area contributed by atoms with Gasteiger partial charge in [0.05, 0.1) is 17.7 Å². The summed E-state index contributed by atoms with van der Waals surface area (Å²) < 4.78 is 1.59. The van der Waals surface area contributed by atoms with Crippen molar-refractivity contribution in [2.45, 2.75) is 32.7 Å². The third kappa shape index (κ3) is 3.06. The van der Waals surface area contributed by atoms with E-state index in [1.165, 1.54) is 11.3 Å². The van der Waals surface area contributed by atoms with E-state index < -0.39 is 0 Å². The summed E-state index contributed by atoms with van der Waals surface area (Å²) in [5.74, 6) is 0.178. The highest BCUT2D eigenvalue weighted by Gasteiger charge is 2.48. The molecule has 7 nitrogen and oxygen atoms in total. The van der Waals surface area contributed by atoms with Crippen molar-refractivity contribution < 1.29 is 9.90 Å². The minimum atomic E-state index is -0.327. The number of aliphatic hydroxyl groups is 1. The van der Waals surface area contributed by atoms with Gasteiger partial charge in [0, 0.05) is 43.3 Å². The quantitative estimate of drug-likeness (QED) is 0.857. The number of carbonyl (C=O) groups is 1. The van der Waals surface area contributed by atoms with E-state index in [0.717, 1.165) is 47.9 Å². The Labute approximate surface area is 155 Å². The summed E-state index contributed by atoms with van der Waals surface area (Å²) in [4.78, 5) is 35.6. The molecule has 1 spiro atoms. The normalized spacial score (nSPS) is 24.2. The average Bonchev–Trinajstić information content (AvgIpc) is 3.16. The van der Waals surface area contributed by atoms with Crippen molar-refractivity contribution >= 4 is 22.2 Å². The lowest BCUT2D eigenvalue weighted by molar-refractivity contribution is -0.146. The Bertz CT molecular complexity index is 890. The van der Waals surface area contributed by atoms with Crippen molar-refractivity contribution in [1.82, 2.24) is 19.2 Å². The number of aryl methyl sites for hydroxylation is 1. The number of nitrogens with zero attached hydrogens (tertiary/aromatic N) is 4. The number of amides is 1. The number of carbonyl (C=O) groups excluding carboxylic acids is 1. The van der Waals surface area contributed by atoms with E-state index in [-0.39, 0.29) is 23.5 Å². The van der Waals surface area contributed by atoms with Crippen molar-refractivity contribution in [3.63, 3.8) is 0 Å². The summed E-state index contributed by atoms with van der Waals surface area (Å²) in [5.41, 5.74) is 0.391. The number of thiazole rings is 1. The van der Waals surface area contributed by atoms with Gasteiger partial charge < -0.3 is 10.0 Å². The van der Waals surface area contributed by atoms with Crippen LogP contribution in [0.2, 0.25) is 0 Å². The molecular formula is C18H24N4O3S. The van der Waals surface area contributed by atoms with Crippen LogP contribution < -0.4 is 5.56 Å². The second-order valence-electron chi connectivity index (χ2n) is 7.44. The molecule has 2 aromatic rings. The zero-order valence-electron chi connectivity index (χ0n) is 15.0. The van der Waals surface area contributed by atoms with Gasteiger partial charge in [-0.2, -0.15) is 0 Å². The molecule has 2 aliphatic rings. The molecule has 0 unspecified atom stereocenters. The molecular weight excluding hydrogens is 352 g/mol. The molecule has 0 radical (unpaired) electrons. The summed E-state index contributed by atoms with van der Waals surface area (Å²) in [6.07, 6.45) is 4.55. The molecule has 8 heteroatoms. The van der Waals surface area contributed by atoms with Crippen LogP contribution in [0.15, 0.2) is 17.1 Å². The van der Waals surface area contributed by atoms with Gasteiger partial charge in [0.1, 0.15) is 0 Å². The lowest BCUT2D eigenvalue weighted by Crippen LogP contribution is -2.50. The first-order valence-electron chi connectivity index (χ1n) is 9.12. The van der Waals surface area contributed by atoms with E-state index in [9.17, 15) is 14.7 Å². The van der Waals surface area contributed by atoms with Gasteiger partial charge in [-0.1, -0.05) is 0 Å². The van der Waals surface area contributed by atoms with Crippen LogP contribution in [-0.2, 0) is 11.3 Å². The van der Waals surface area contributed by atoms with Crippen molar-refractivity contribution in [1.29, 1.82) is 0 Å². The summed E-state index contributed by atoms with van der Waals surface area (Å²) >= 11 is 1.51. The molecule has 1 amide bonds. The predicted molar refractivity (Wildman–Crippen MR) is 99.3 cm³/mol. The van der Waals surface area contributed by atoms with Crippen LogP contribution in [0.3, 0.4) is 0 Å². The van der Waals surface area contributed by atoms with Crippen LogP contribution in [-0.4, -0.2) is 63.0 Å². The van der Waals surface area contributed by atoms with Gasteiger partial charge in [0.2, 0.25) is 5.91 Å². The van der Waals surface area contributed by atoms with Crippen molar-refractivity contribution in [3.05, 3.63) is 33.2 Å². The molecule has 0 aliphatic carbocycles. The number of rotatable bonds is 4. The number of aromatic nitrogens is 2. The molecule has 4 heterocycles. The lowest BCUT2D eigenvalue weighted by atomic mass is 9.78. The summed E-state index contributed by atoms with van der Waals surface area (Å²) in [7, 11) is 0. The lowest BCUT2D eigenvalue weighted by Gasteiger charge is -2.39. The second-order valence-corrected chi connectivity index (χ2v) is 8.65. The molecule has 2 fully saturated rings. The van der Waals surface area contributed by atoms with Crippen molar-refractivity contribution in [3.8, 4) is 0 Å². The Balaban J connectivity index is 1.51. The van der Waals surface area contributed by atoms with Gasteiger partial charge in [-0.3, -0.25) is 18.9 Å². The Hall–Kier alpha value is -1.77. The van der Waals surface area contributed by atoms with E-state index in [0.29, 0.717) is 19.6 Å². The molecule has 2 saturated heterocycles. The highest BCUT2D eigenvalue weighted by Crippen LogP contribution is 2.40. The van der Waals surface area contributed by atoms with Crippen LogP contribution in [0.5, 0.6) is 0 Å². The van der Waals surface area contributed by atoms with Gasteiger partial charge in [-0.05, 0) is 32.7 Å². The fourth-order valence-corrected chi connectivity index (χ4v) is 5.18. The third-order valence-electron chi connectivity index (χ3n) is 5.55. The Morgan fingerprint density at radius 1 is 1.31 bits per heavy atom. The number of hydrogen-bond acceptors (Lipinski definition) is 6. The monoisotopic (exact) mass is 376 g/mol. The molecule has 26 heavy (non-hydrogen) atoms. The first kappa shape index (κ1) is 17.6. The van der Waals surface area contributed by atoms with E-state index in [1.54, 1.807) is 15.4 Å². The third-order valence-corrected chi connectivity index (χ3v) is 6.45. The van der Waals surface area contributed by atoms with Gasteiger partial charge in [-0.15, -0.1) is 11.3 Å². The molecule has 0 aromatic carbocycles. The molecule has 0 bridgehead atoms. The van der Waals surface area contributed by atoms with Crippen LogP contribution in [0.4, 0.5) is 0 Å². The minimum absolute atomic E-state index is 0.0135. The summed E-state index contributed by atoms with van der Waals surface area (Å²) in [6, 6.07) is 1.60. The fourth-order valence-electron chi connectivity index (χ4n) is 4.33. The van der Waals surface area contributed by atoms with Crippen LogP contribution in [0.1, 0.15) is 29.8 Å². The topological polar surface area (TPSA) is 78.1 Å². The number of fused-ring (bicyclic) bond motifs is 1. The molecule has 1 atom stereocenters. The smallest absolute Gasteiger partial charge is 0.258 e. The summed E-state index contributed by atoms with van der Waals surface area (Å²) in [6.45, 7) is 5.29. The Kier molecular flexibility index (Phi) is 4.58. The predicted octanol–water partition coefficient (Wildman–Crippen LogP) is 0.871. The zero-order valence-corrected chi connectivity index (χ0v) is 15.8. The molecule has 140 valence electrons. The maximum Gasteiger partial charge on any atom is 0.258 e. The molecule has 0 saturated carbocycles. The largest absolute Gasteiger partial charge is 0.395 e. The average molecular weight is 376 g/mol. The van der Waals surface area contributed by atoms with Gasteiger partial charge in [-0.25, -0.2) is 4.98 Å². The highest BCUT2D eigenvalue weighted by molar-refractivity contribution is 7.16. The minimum Gasteiger partial charge on any atom is -0.395 e. The van der Waals surface area contributed by atoms with Crippen LogP contribution in [0, 0.1) is 12.3 Å². The van der Waals surface area contributed by atoms with E-state index in [4.69, 9.17) is 0 Å². The first-order valence-corrected chi connectivity index (χ1v) is 9.94. The number of hydrogen-bond donors (Lipinski definition) is 1. The first-order chi connectivity index (χ1) is 12.5. The molecule has 2 aromatic heterocycles. The fraction of sp³-hybridized carbons (Fsp3) is 0.611. The van der Waals surface area contributed by atoms with E-state index >= 15 is 0 Å². The zero-order chi connectivity index (χ0) is 18.3. The maximum atomic E-state index is 12.9. The standard InChI is InChI=1S/C18H24N4O3S/c1-13-10-22-15(24)9-14(19-17(22)26-13)11-20-6-4-18(12-20)3-2-5-21(7-8-23)16(18)25/h9-10,23H,2-8,11-12H2,1H3/t18-/m1/s1. The van der Waals surface area contributed by atoms with Crippen molar-refractivity contribution in [2.24, 2.45) is 5.41 Å². The van der Waals surface area contributed by atoms with Gasteiger partial charge in [0.25, 0.3) is 5.56 Å². The number of likely N-dealkylation sites (tertiary alicyclic amines) is 2. The Morgan fingerprint density at radius 3 is 2.96 bits per heavy atom. The number of piperidine rings is 1. The van der Waals surface area contributed by atoms with Crippen LogP contribution in [0.25, 0.3) is 4.96 Å². The SMILES string of the molecule is Cc1cn2c(=O)cc(CN3CC[C@]4(CCCN(CCO)C4=O)C3)nc2s1. The molecule has 2 aliphatic heterocycles. The molecule has 1 N–H and O–H groups in total. The Morgan fingerprint density at radius 2 is 2.15 bits per heavy atom. The second kappa shape index (κ2) is 6.75. The van der Waals surface area contributed by atoms with E-state index in [2.05, 4.69) is 9.88 Å². The summed E-state index contributed by atoms with van der Waals surface area (Å²) in [5, 5.41) is 9.19. The van der Waals surface area contributed by atoms with Crippen molar-refractivity contribution in [2.75, 3.05) is 32.8 Å². The maximum absolute atomic E-state index is 12.9. The van der Waals surface area contributed by atoms with Crippen LogP contribution >= 0.6 is 11.3 Å². The van der Waals surface area contributed by atoms with Gasteiger partial charge >= 0.3 is 0 Å². The van der Waals surface area contributed by atoms with E-state index in [1.807, 2.05) is 13.1 Å². The van der Waals surface area contributed by atoms with Gasteiger partial charge in [0.15, 0.2) is 4.96 Å².